The van der Waals surface area contributed by atoms with Gasteiger partial charge in [-0.2, -0.15) is 0 Å². The van der Waals surface area contributed by atoms with Crippen molar-refractivity contribution in [2.45, 2.75) is 51.0 Å². The molecule has 0 amide bonds. The van der Waals surface area contributed by atoms with Crippen LogP contribution in [0.5, 0.6) is 0 Å². The summed E-state index contributed by atoms with van der Waals surface area (Å²) in [5, 5.41) is 0. The third kappa shape index (κ3) is 3.18. The average molecular weight is 285 g/mol. The van der Waals surface area contributed by atoms with E-state index in [0.717, 1.165) is 25.7 Å². The maximum atomic E-state index is 11.7. The minimum absolute atomic E-state index is 0.154. The van der Waals surface area contributed by atoms with Crippen LogP contribution in [-0.2, 0) is 16.2 Å². The van der Waals surface area contributed by atoms with Gasteiger partial charge < -0.3 is 9.72 Å². The molecule has 0 atom stereocenters. The van der Waals surface area contributed by atoms with Crippen molar-refractivity contribution < 1.29 is 4.74 Å². The fourth-order valence-electron chi connectivity index (χ4n) is 2.75. The summed E-state index contributed by atoms with van der Waals surface area (Å²) in [6.45, 7) is 4.84. The Labute approximate surface area is 118 Å². The van der Waals surface area contributed by atoms with Crippen LogP contribution in [0.1, 0.15) is 51.0 Å². The lowest BCUT2D eigenvalue weighted by atomic mass is 9.79. The van der Waals surface area contributed by atoms with E-state index in [2.05, 4.69) is 16.9 Å². The van der Waals surface area contributed by atoms with E-state index in [1.165, 1.54) is 6.07 Å². The first-order chi connectivity index (χ1) is 9.09. The van der Waals surface area contributed by atoms with Crippen molar-refractivity contribution in [2.75, 3.05) is 6.61 Å². The molecule has 1 aliphatic carbocycles. The highest BCUT2D eigenvalue weighted by molar-refractivity contribution is 6.16. The van der Waals surface area contributed by atoms with Gasteiger partial charge in [0.05, 0.1) is 11.6 Å². The Bertz CT molecular complexity index is 479. The maximum absolute atomic E-state index is 11.7. The van der Waals surface area contributed by atoms with Crippen molar-refractivity contribution in [3.8, 4) is 0 Å². The molecule has 1 fully saturated rings. The van der Waals surface area contributed by atoms with Gasteiger partial charge in [0.1, 0.15) is 11.4 Å². The highest BCUT2D eigenvalue weighted by Crippen LogP contribution is 2.40. The lowest BCUT2D eigenvalue weighted by Gasteiger charge is -2.38. The van der Waals surface area contributed by atoms with Crippen LogP contribution < -0.4 is 5.56 Å². The Balaban J connectivity index is 2.38. The first-order valence-corrected chi connectivity index (χ1v) is 7.43. The number of ether oxygens (including phenoxy) is 1. The highest BCUT2D eigenvalue weighted by Gasteiger charge is 2.39. The van der Waals surface area contributed by atoms with Crippen LogP contribution in [0.2, 0.25) is 0 Å². The van der Waals surface area contributed by atoms with E-state index in [4.69, 9.17) is 16.3 Å². The number of nitrogens with one attached hydrogen (secondary N) is 1. The third-order valence-corrected chi connectivity index (χ3v) is 4.14. The van der Waals surface area contributed by atoms with Crippen LogP contribution in [0.15, 0.2) is 10.9 Å². The molecule has 0 saturated heterocycles. The summed E-state index contributed by atoms with van der Waals surface area (Å²) in [6, 6.07) is 1.45. The SMILES string of the molecule is CCOC1(c2nc(CCl)cc(=O)[nH]2)CCC(C)CC1. The summed E-state index contributed by atoms with van der Waals surface area (Å²) >= 11 is 5.80. The highest BCUT2D eigenvalue weighted by atomic mass is 35.5. The van der Waals surface area contributed by atoms with Crippen molar-refractivity contribution in [1.29, 1.82) is 0 Å². The van der Waals surface area contributed by atoms with Gasteiger partial charge in [0.2, 0.25) is 0 Å². The summed E-state index contributed by atoms with van der Waals surface area (Å²) in [7, 11) is 0. The molecule has 1 saturated carbocycles. The Hall–Kier alpha value is -0.870. The van der Waals surface area contributed by atoms with Crippen molar-refractivity contribution in [2.24, 2.45) is 5.92 Å². The van der Waals surface area contributed by atoms with Gasteiger partial charge in [-0.25, -0.2) is 4.98 Å². The number of alkyl halides is 1. The molecule has 5 heteroatoms. The Morgan fingerprint density at radius 2 is 2.21 bits per heavy atom. The second-order valence-corrected chi connectivity index (χ2v) is 5.60. The second-order valence-electron chi connectivity index (χ2n) is 5.33. The molecule has 0 aromatic carbocycles. The number of nitrogens with zero attached hydrogens (tertiary/aromatic N) is 1. The molecule has 0 unspecified atom stereocenters. The molecule has 2 rings (SSSR count). The van der Waals surface area contributed by atoms with Crippen molar-refractivity contribution in [3.63, 3.8) is 0 Å². The van der Waals surface area contributed by atoms with Gasteiger partial charge >= 0.3 is 0 Å². The first-order valence-electron chi connectivity index (χ1n) is 6.90. The predicted molar refractivity (Wildman–Crippen MR) is 75.4 cm³/mol. The van der Waals surface area contributed by atoms with Gasteiger partial charge in [-0.3, -0.25) is 4.79 Å². The van der Waals surface area contributed by atoms with Gasteiger partial charge in [-0.1, -0.05) is 6.92 Å². The van der Waals surface area contributed by atoms with E-state index in [9.17, 15) is 4.79 Å². The molecular weight excluding hydrogens is 264 g/mol. The smallest absolute Gasteiger partial charge is 0.251 e. The number of rotatable bonds is 4. The fraction of sp³-hybridized carbons (Fsp3) is 0.714. The lowest BCUT2D eigenvalue weighted by molar-refractivity contribution is -0.0839. The van der Waals surface area contributed by atoms with Gasteiger partial charge in [-0.05, 0) is 38.5 Å². The van der Waals surface area contributed by atoms with Crippen LogP contribution >= 0.6 is 11.6 Å². The molecule has 1 aromatic heterocycles. The molecule has 4 nitrogen and oxygen atoms in total. The molecule has 1 aromatic rings. The Morgan fingerprint density at radius 1 is 1.53 bits per heavy atom. The fourth-order valence-corrected chi connectivity index (χ4v) is 2.88. The summed E-state index contributed by atoms with van der Waals surface area (Å²) in [5.41, 5.74) is 0.0131. The molecule has 1 aliphatic rings. The molecule has 0 bridgehead atoms. The van der Waals surface area contributed by atoms with E-state index in [-0.39, 0.29) is 11.4 Å². The largest absolute Gasteiger partial charge is 0.367 e. The minimum atomic E-state index is -0.442. The van der Waals surface area contributed by atoms with E-state index in [1.807, 2.05) is 6.92 Å². The summed E-state index contributed by atoms with van der Waals surface area (Å²) < 4.78 is 5.98. The van der Waals surface area contributed by atoms with Crippen molar-refractivity contribution in [3.05, 3.63) is 27.9 Å². The number of H-pyrrole nitrogens is 1. The molecule has 1 N–H and O–H groups in total. The summed E-state index contributed by atoms with van der Waals surface area (Å²) in [5.74, 6) is 1.59. The predicted octanol–water partition coefficient (Wildman–Crippen LogP) is 2.95. The summed E-state index contributed by atoms with van der Waals surface area (Å²) in [4.78, 5) is 19.0. The molecule has 0 spiro atoms. The van der Waals surface area contributed by atoms with Gasteiger partial charge in [0, 0.05) is 12.7 Å². The van der Waals surface area contributed by atoms with Crippen LogP contribution in [0.3, 0.4) is 0 Å². The number of halogens is 1. The van der Waals surface area contributed by atoms with Crippen LogP contribution in [0.4, 0.5) is 0 Å². The molecule has 1 heterocycles. The first kappa shape index (κ1) is 14.5. The topological polar surface area (TPSA) is 55.0 Å². The van der Waals surface area contributed by atoms with Gasteiger partial charge in [-0.15, -0.1) is 11.6 Å². The number of hydrogen-bond acceptors (Lipinski definition) is 3. The zero-order valence-electron chi connectivity index (χ0n) is 11.5. The average Bonchev–Trinajstić information content (AvgIpc) is 2.41. The molecule has 19 heavy (non-hydrogen) atoms. The van der Waals surface area contributed by atoms with Crippen LogP contribution in [-0.4, -0.2) is 16.6 Å². The van der Waals surface area contributed by atoms with E-state index < -0.39 is 5.60 Å². The Kier molecular flexibility index (Phi) is 4.63. The van der Waals surface area contributed by atoms with E-state index >= 15 is 0 Å². The standard InChI is InChI=1S/C14H21ClN2O2/c1-3-19-14(6-4-10(2)5-7-14)13-16-11(9-15)8-12(18)17-13/h8,10H,3-7,9H2,1-2H3,(H,16,17,18). The number of aromatic amines is 1. The third-order valence-electron chi connectivity index (χ3n) is 3.87. The number of aromatic nitrogens is 2. The molecule has 0 aliphatic heterocycles. The van der Waals surface area contributed by atoms with Crippen LogP contribution in [0, 0.1) is 5.92 Å². The maximum Gasteiger partial charge on any atom is 0.251 e. The minimum Gasteiger partial charge on any atom is -0.367 e. The zero-order valence-corrected chi connectivity index (χ0v) is 12.3. The van der Waals surface area contributed by atoms with Gasteiger partial charge in [0.15, 0.2) is 0 Å². The van der Waals surface area contributed by atoms with Gasteiger partial charge in [0.25, 0.3) is 5.56 Å². The van der Waals surface area contributed by atoms with E-state index in [0.29, 0.717) is 24.0 Å². The zero-order chi connectivity index (χ0) is 13.9. The molecule has 106 valence electrons. The second kappa shape index (κ2) is 6.06. The molecular formula is C14H21ClN2O2. The lowest BCUT2D eigenvalue weighted by Crippen LogP contribution is -2.38. The normalized spacial score (nSPS) is 27.4. The van der Waals surface area contributed by atoms with Crippen molar-refractivity contribution in [1.82, 2.24) is 9.97 Å². The Morgan fingerprint density at radius 3 is 2.79 bits per heavy atom. The van der Waals surface area contributed by atoms with E-state index in [1.54, 1.807) is 0 Å². The van der Waals surface area contributed by atoms with Crippen molar-refractivity contribution >= 4 is 11.6 Å². The molecule has 0 radical (unpaired) electrons. The quantitative estimate of drug-likeness (QED) is 0.865. The number of hydrogen-bond donors (Lipinski definition) is 1. The van der Waals surface area contributed by atoms with Crippen LogP contribution in [0.25, 0.3) is 0 Å². The monoisotopic (exact) mass is 284 g/mol. The summed E-state index contributed by atoms with van der Waals surface area (Å²) in [6.07, 6.45) is 3.98.